The minimum atomic E-state index is -0.291. The molecule has 2 aromatic rings. The fourth-order valence-corrected chi connectivity index (χ4v) is 5.48. The van der Waals surface area contributed by atoms with Crippen molar-refractivity contribution >= 4 is 23.6 Å². The van der Waals surface area contributed by atoms with Gasteiger partial charge in [-0.2, -0.15) is 5.10 Å². The van der Waals surface area contributed by atoms with E-state index in [0.29, 0.717) is 62.4 Å². The van der Waals surface area contributed by atoms with Gasteiger partial charge < -0.3 is 30.5 Å². The molecule has 3 heterocycles. The molecule has 2 aliphatic rings. The third kappa shape index (κ3) is 7.96. The van der Waals surface area contributed by atoms with E-state index in [1.807, 2.05) is 4.68 Å². The number of aromatic nitrogens is 3. The molecule has 0 aromatic carbocycles. The van der Waals surface area contributed by atoms with Gasteiger partial charge in [-0.25, -0.2) is 0 Å². The highest BCUT2D eigenvalue weighted by molar-refractivity contribution is 5.95. The van der Waals surface area contributed by atoms with E-state index in [2.05, 4.69) is 29.5 Å². The number of carbonyl (C=O) groups is 4. The molecule has 224 valence electrons. The number of hydrogen-bond donors (Lipinski definition) is 4. The van der Waals surface area contributed by atoms with E-state index in [1.165, 1.54) is 4.90 Å². The second-order valence-corrected chi connectivity index (χ2v) is 11.3. The van der Waals surface area contributed by atoms with Gasteiger partial charge in [0, 0.05) is 75.4 Å². The maximum atomic E-state index is 13.4. The second-order valence-electron chi connectivity index (χ2n) is 11.3. The third-order valence-corrected chi connectivity index (χ3v) is 7.74. The van der Waals surface area contributed by atoms with Crippen molar-refractivity contribution in [3.63, 3.8) is 0 Å². The Morgan fingerprint density at radius 3 is 2.73 bits per heavy atom. The molecule has 12 nitrogen and oxygen atoms in total. The van der Waals surface area contributed by atoms with Crippen molar-refractivity contribution in [1.29, 1.82) is 0 Å². The first-order valence-electron chi connectivity index (χ1n) is 14.7. The van der Waals surface area contributed by atoms with Crippen LogP contribution in [0, 0.1) is 5.92 Å². The van der Waals surface area contributed by atoms with Gasteiger partial charge in [-0.05, 0) is 50.5 Å². The van der Waals surface area contributed by atoms with Crippen molar-refractivity contribution in [1.82, 2.24) is 35.2 Å². The van der Waals surface area contributed by atoms with Crippen LogP contribution in [0.4, 0.5) is 0 Å². The number of carbonyl (C=O) groups excluding carboxylic acids is 4. The minimum Gasteiger partial charge on any atom is -0.396 e. The monoisotopic (exact) mass is 569 g/mol. The van der Waals surface area contributed by atoms with Crippen molar-refractivity contribution in [2.24, 2.45) is 5.92 Å². The molecule has 1 atom stereocenters. The number of nitrogens with one attached hydrogen (secondary N) is 3. The SMILES string of the molecule is CC(C)CCn1nc2c3c1CCC(C3)NC(=O)CN(CCCO)C(=O)CCCN(C(=O)c1cc[nH]c1)CCNC2=O. The van der Waals surface area contributed by atoms with Crippen molar-refractivity contribution in [3.8, 4) is 0 Å². The van der Waals surface area contributed by atoms with Crippen molar-refractivity contribution in [3.05, 3.63) is 41.0 Å². The maximum absolute atomic E-state index is 13.4. The molecule has 0 radical (unpaired) electrons. The van der Waals surface area contributed by atoms with Crippen LogP contribution in [0.15, 0.2) is 18.5 Å². The first-order chi connectivity index (χ1) is 19.8. The first kappa shape index (κ1) is 30.3. The molecule has 0 saturated heterocycles. The van der Waals surface area contributed by atoms with E-state index in [-0.39, 0.29) is 68.9 Å². The zero-order chi connectivity index (χ0) is 29.4. The average molecular weight is 570 g/mol. The molecule has 41 heavy (non-hydrogen) atoms. The highest BCUT2D eigenvalue weighted by atomic mass is 16.3. The lowest BCUT2D eigenvalue weighted by atomic mass is 9.91. The van der Waals surface area contributed by atoms with E-state index in [0.717, 1.165) is 17.7 Å². The summed E-state index contributed by atoms with van der Waals surface area (Å²) in [4.78, 5) is 58.7. The van der Waals surface area contributed by atoms with Crippen LogP contribution < -0.4 is 10.6 Å². The lowest BCUT2D eigenvalue weighted by Gasteiger charge is -2.27. The number of rotatable bonds is 7. The van der Waals surface area contributed by atoms with Gasteiger partial charge in [-0.3, -0.25) is 23.9 Å². The molecule has 4 N–H and O–H groups in total. The van der Waals surface area contributed by atoms with Crippen LogP contribution in [0.5, 0.6) is 0 Å². The topological polar surface area (TPSA) is 153 Å². The van der Waals surface area contributed by atoms with E-state index >= 15 is 0 Å². The van der Waals surface area contributed by atoms with Gasteiger partial charge >= 0.3 is 0 Å². The summed E-state index contributed by atoms with van der Waals surface area (Å²) >= 11 is 0. The van der Waals surface area contributed by atoms with Gasteiger partial charge in [0.25, 0.3) is 11.8 Å². The Hall–Kier alpha value is -3.67. The Bertz CT molecular complexity index is 1210. The lowest BCUT2D eigenvalue weighted by Crippen LogP contribution is -2.46. The predicted molar refractivity (Wildman–Crippen MR) is 152 cm³/mol. The summed E-state index contributed by atoms with van der Waals surface area (Å²) in [5, 5.41) is 20.1. The van der Waals surface area contributed by atoms with Crippen LogP contribution >= 0.6 is 0 Å². The molecule has 1 aliphatic carbocycles. The van der Waals surface area contributed by atoms with Crippen LogP contribution in [0.3, 0.4) is 0 Å². The molecule has 0 fully saturated rings. The number of aryl methyl sites for hydroxylation is 1. The third-order valence-electron chi connectivity index (χ3n) is 7.74. The summed E-state index contributed by atoms with van der Waals surface area (Å²) in [5.41, 5.74) is 2.75. The van der Waals surface area contributed by atoms with Gasteiger partial charge in [-0.15, -0.1) is 0 Å². The highest BCUT2D eigenvalue weighted by Crippen LogP contribution is 2.26. The van der Waals surface area contributed by atoms with Crippen molar-refractivity contribution in [2.45, 2.75) is 71.4 Å². The molecular weight excluding hydrogens is 526 g/mol. The molecule has 2 bridgehead atoms. The largest absolute Gasteiger partial charge is 0.396 e. The number of aliphatic hydroxyl groups is 1. The normalized spacial score (nSPS) is 19.2. The molecule has 4 rings (SSSR count). The Balaban J connectivity index is 1.60. The maximum Gasteiger partial charge on any atom is 0.272 e. The molecule has 4 amide bonds. The zero-order valence-corrected chi connectivity index (χ0v) is 24.2. The van der Waals surface area contributed by atoms with Crippen LogP contribution in [-0.4, -0.2) is 98.7 Å². The van der Waals surface area contributed by atoms with E-state index in [4.69, 9.17) is 5.10 Å². The van der Waals surface area contributed by atoms with Crippen LogP contribution in [-0.2, 0) is 29.0 Å². The zero-order valence-electron chi connectivity index (χ0n) is 24.2. The quantitative estimate of drug-likeness (QED) is 0.392. The first-order valence-corrected chi connectivity index (χ1v) is 14.7. The summed E-state index contributed by atoms with van der Waals surface area (Å²) in [6.07, 6.45) is 7.04. The average Bonchev–Trinajstić information content (AvgIpc) is 3.61. The summed E-state index contributed by atoms with van der Waals surface area (Å²) in [7, 11) is 0. The number of H-pyrrole nitrogens is 1. The number of hydrogen-bond acceptors (Lipinski definition) is 6. The summed E-state index contributed by atoms with van der Waals surface area (Å²) in [5.74, 6) is -0.460. The van der Waals surface area contributed by atoms with Gasteiger partial charge in [0.1, 0.15) is 0 Å². The molecule has 2 aromatic heterocycles. The van der Waals surface area contributed by atoms with Gasteiger partial charge in [0.2, 0.25) is 11.8 Å². The fourth-order valence-electron chi connectivity index (χ4n) is 5.48. The Morgan fingerprint density at radius 2 is 2.00 bits per heavy atom. The van der Waals surface area contributed by atoms with Crippen LogP contribution in [0.25, 0.3) is 0 Å². The molecular formula is C29H43N7O5. The fraction of sp³-hybridized carbons (Fsp3) is 0.621. The Morgan fingerprint density at radius 1 is 1.17 bits per heavy atom. The summed E-state index contributed by atoms with van der Waals surface area (Å²) in [6, 6.07) is 1.51. The van der Waals surface area contributed by atoms with Crippen LogP contribution in [0.1, 0.15) is 78.1 Å². The number of aromatic amines is 1. The molecule has 0 spiro atoms. The molecule has 0 saturated carbocycles. The summed E-state index contributed by atoms with van der Waals surface area (Å²) in [6.45, 7) is 5.93. The Kier molecular flexibility index (Phi) is 10.6. The number of amides is 4. The van der Waals surface area contributed by atoms with Crippen molar-refractivity contribution < 1.29 is 24.3 Å². The van der Waals surface area contributed by atoms with Gasteiger partial charge in [-0.1, -0.05) is 13.8 Å². The lowest BCUT2D eigenvalue weighted by molar-refractivity contribution is -0.136. The molecule has 1 unspecified atom stereocenters. The molecule has 1 aliphatic heterocycles. The van der Waals surface area contributed by atoms with E-state index < -0.39 is 0 Å². The number of fused-ring (bicyclic) bond motifs is 1. The standard InChI is InChI=1S/C29H43N7O5/c1-20(2)9-14-36-24-7-6-22-17-23(24)27(33-36)28(40)31-11-15-34(29(41)21-8-10-30-18-21)12-3-5-26(39)35(13-4-16-37)19-25(38)32-22/h8,10,18,20,22,30,37H,3-7,9,11-17,19H2,1-2H3,(H,31,40)(H,32,38). The second kappa shape index (κ2) is 14.3. The highest BCUT2D eigenvalue weighted by Gasteiger charge is 2.31. The van der Waals surface area contributed by atoms with E-state index in [1.54, 1.807) is 23.4 Å². The smallest absolute Gasteiger partial charge is 0.272 e. The van der Waals surface area contributed by atoms with Gasteiger partial charge in [0.15, 0.2) is 5.69 Å². The van der Waals surface area contributed by atoms with E-state index in [9.17, 15) is 24.3 Å². The number of nitrogens with zero attached hydrogens (tertiary/aromatic N) is 4. The van der Waals surface area contributed by atoms with Crippen molar-refractivity contribution in [2.75, 3.05) is 39.3 Å². The Labute approximate surface area is 240 Å². The minimum absolute atomic E-state index is 0.0830. The molecule has 12 heteroatoms. The number of aliphatic hydroxyl groups excluding tert-OH is 1. The van der Waals surface area contributed by atoms with Crippen LogP contribution in [0.2, 0.25) is 0 Å². The summed E-state index contributed by atoms with van der Waals surface area (Å²) < 4.78 is 1.94. The van der Waals surface area contributed by atoms with Gasteiger partial charge in [0.05, 0.1) is 12.1 Å². The predicted octanol–water partition coefficient (Wildman–Crippen LogP) is 1.11.